The van der Waals surface area contributed by atoms with E-state index in [1.165, 1.54) is 6.92 Å². The first-order chi connectivity index (χ1) is 25.0. The van der Waals surface area contributed by atoms with Gasteiger partial charge in [0.1, 0.15) is 42.7 Å². The van der Waals surface area contributed by atoms with Gasteiger partial charge in [0.15, 0.2) is 24.2 Å². The minimum absolute atomic E-state index is 0.0243. The number of rotatable bonds is 5. The van der Waals surface area contributed by atoms with Gasteiger partial charge in [-0.05, 0) is 92.4 Å². The van der Waals surface area contributed by atoms with Crippen LogP contribution >= 0.6 is 0 Å². The van der Waals surface area contributed by atoms with Crippen LogP contribution < -0.4 is 0 Å². The Hall–Kier alpha value is -1.07. The Bertz CT molecular complexity index is 1430. The average Bonchev–Trinajstić information content (AvgIpc) is 3.58. The molecule has 53 heavy (non-hydrogen) atoms. The smallest absolute Gasteiger partial charge is 0.187 e. The van der Waals surface area contributed by atoms with Crippen LogP contribution in [-0.2, 0) is 33.2 Å². The number of hydrogen-bond acceptors (Lipinski definition) is 13. The molecule has 0 aromatic carbocycles. The first-order valence-corrected chi connectivity index (χ1v) is 20.2. The van der Waals surface area contributed by atoms with Crippen molar-refractivity contribution in [3.8, 4) is 0 Å². The Balaban J connectivity index is 0.955. The van der Waals surface area contributed by atoms with Crippen LogP contribution in [0.4, 0.5) is 0 Å². The minimum atomic E-state index is -1.64. The number of aliphatic hydroxyl groups is 6. The number of hydrogen-bond donors (Lipinski definition) is 6. The molecule has 0 unspecified atom stereocenters. The normalized spacial score (nSPS) is 58.1. The lowest BCUT2D eigenvalue weighted by Crippen LogP contribution is -2.64. The quantitative estimate of drug-likeness (QED) is 0.239. The topological polar surface area (TPSA) is 194 Å². The van der Waals surface area contributed by atoms with E-state index in [4.69, 9.17) is 28.4 Å². The van der Waals surface area contributed by atoms with Crippen molar-refractivity contribution in [3.05, 3.63) is 11.6 Å². The highest BCUT2D eigenvalue weighted by atomic mass is 16.7. The van der Waals surface area contributed by atoms with E-state index in [9.17, 15) is 35.4 Å². The second-order valence-corrected chi connectivity index (χ2v) is 18.8. The fourth-order valence-corrected chi connectivity index (χ4v) is 12.9. The highest BCUT2D eigenvalue weighted by Crippen LogP contribution is 2.73. The van der Waals surface area contributed by atoms with E-state index >= 15 is 0 Å². The molecule has 13 nitrogen and oxygen atoms in total. The molecule has 1 spiro atoms. The molecule has 4 saturated heterocycles. The number of ether oxygens (including phenoxy) is 6. The second kappa shape index (κ2) is 13.5. The Morgan fingerprint density at radius 3 is 2.25 bits per heavy atom. The molecule has 7 fully saturated rings. The van der Waals surface area contributed by atoms with E-state index in [2.05, 4.69) is 34.6 Å². The summed E-state index contributed by atoms with van der Waals surface area (Å²) in [6.45, 7) is 13.2. The van der Waals surface area contributed by atoms with Crippen molar-refractivity contribution in [3.63, 3.8) is 0 Å². The highest BCUT2D eigenvalue weighted by molar-refractivity contribution is 5.97. The molecule has 8 rings (SSSR count). The summed E-state index contributed by atoms with van der Waals surface area (Å²) in [6.07, 6.45) is -5.40. The first kappa shape index (κ1) is 38.8. The van der Waals surface area contributed by atoms with Crippen molar-refractivity contribution in [2.75, 3.05) is 13.2 Å². The Morgan fingerprint density at radius 1 is 0.830 bits per heavy atom. The molecule has 3 saturated carbocycles. The van der Waals surface area contributed by atoms with Gasteiger partial charge in [-0.1, -0.05) is 40.2 Å². The predicted molar refractivity (Wildman–Crippen MR) is 187 cm³/mol. The molecule has 13 heteroatoms. The van der Waals surface area contributed by atoms with Crippen molar-refractivity contribution in [1.82, 2.24) is 0 Å². The third-order valence-electron chi connectivity index (χ3n) is 16.0. The van der Waals surface area contributed by atoms with Gasteiger partial charge in [-0.15, -0.1) is 0 Å². The summed E-state index contributed by atoms with van der Waals surface area (Å²) in [5, 5.41) is 63.2. The number of aliphatic hydroxyl groups excluding tert-OH is 6. The largest absolute Gasteiger partial charge is 0.394 e. The maximum absolute atomic E-state index is 14.5. The fraction of sp³-hybridized carbons (Fsp3) is 0.925. The van der Waals surface area contributed by atoms with Crippen molar-refractivity contribution < 1.29 is 63.9 Å². The maximum atomic E-state index is 14.5. The van der Waals surface area contributed by atoms with Crippen LogP contribution in [0.3, 0.4) is 0 Å². The standard InChI is InChI=1S/C40H62O13/c1-18-7-12-40(48-17-18)19(2)28-23(53-40)15-26-38(28,5)11-9-25-37(4)10-8-22(13-21(37)14-27(42)39(25,26)6)50-36-33(47)31(45)34(24(16-41)51-36)52-35-32(46)30(44)29(43)20(3)49-35/h14,18-20,22-26,28-36,41,43-47H,7-13,15-17H2,1-6H3/t18-,19+,20+,22+,23+,24-,25-,26-,28+,29+,30-,31-,32-,33-,34-,35+,36-,37+,38+,39-,40-/m1/s1. The van der Waals surface area contributed by atoms with Crippen molar-refractivity contribution in [1.29, 1.82) is 0 Å². The third kappa shape index (κ3) is 5.73. The Kier molecular flexibility index (Phi) is 9.89. The van der Waals surface area contributed by atoms with Gasteiger partial charge < -0.3 is 59.1 Å². The van der Waals surface area contributed by atoms with Crippen LogP contribution in [0.1, 0.15) is 92.9 Å². The molecule has 4 aliphatic carbocycles. The number of ketones is 1. The molecule has 4 aliphatic heterocycles. The highest BCUT2D eigenvalue weighted by Gasteiger charge is 2.73. The zero-order valence-electron chi connectivity index (χ0n) is 32.0. The molecular formula is C40H62O13. The van der Waals surface area contributed by atoms with Gasteiger partial charge in [0.25, 0.3) is 0 Å². The van der Waals surface area contributed by atoms with E-state index in [1.807, 2.05) is 6.08 Å². The van der Waals surface area contributed by atoms with E-state index in [1.54, 1.807) is 0 Å². The number of allylic oxidation sites excluding steroid dienone is 1. The van der Waals surface area contributed by atoms with E-state index < -0.39 is 85.3 Å². The molecule has 0 aromatic heterocycles. The zero-order valence-corrected chi connectivity index (χ0v) is 32.0. The molecule has 8 aliphatic rings. The summed E-state index contributed by atoms with van der Waals surface area (Å²) in [5.74, 6) is 1.22. The summed E-state index contributed by atoms with van der Waals surface area (Å²) in [5.41, 5.74) is 0.315. The number of fused-ring (bicyclic) bond motifs is 7. The summed E-state index contributed by atoms with van der Waals surface area (Å²) < 4.78 is 37.0. The third-order valence-corrected chi connectivity index (χ3v) is 16.0. The van der Waals surface area contributed by atoms with Crippen LogP contribution in [0.2, 0.25) is 0 Å². The molecule has 4 heterocycles. The fourth-order valence-electron chi connectivity index (χ4n) is 12.9. The van der Waals surface area contributed by atoms with Gasteiger partial charge in [0.05, 0.1) is 31.5 Å². The van der Waals surface area contributed by atoms with Gasteiger partial charge in [-0.3, -0.25) is 4.79 Å². The van der Waals surface area contributed by atoms with Crippen LogP contribution in [0.15, 0.2) is 11.6 Å². The van der Waals surface area contributed by atoms with Crippen molar-refractivity contribution >= 4 is 5.78 Å². The monoisotopic (exact) mass is 750 g/mol. The van der Waals surface area contributed by atoms with Crippen LogP contribution in [0.5, 0.6) is 0 Å². The minimum Gasteiger partial charge on any atom is -0.394 e. The summed E-state index contributed by atoms with van der Waals surface area (Å²) >= 11 is 0. The van der Waals surface area contributed by atoms with Gasteiger partial charge in [-0.25, -0.2) is 0 Å². The molecule has 0 radical (unpaired) electrons. The molecule has 300 valence electrons. The van der Waals surface area contributed by atoms with Gasteiger partial charge in [0, 0.05) is 17.8 Å². The zero-order chi connectivity index (χ0) is 38.0. The van der Waals surface area contributed by atoms with E-state index in [-0.39, 0.29) is 40.5 Å². The van der Waals surface area contributed by atoms with Gasteiger partial charge in [0.2, 0.25) is 0 Å². The summed E-state index contributed by atoms with van der Waals surface area (Å²) in [6, 6.07) is 0. The molecule has 0 amide bonds. The Labute approximate surface area is 312 Å². The Morgan fingerprint density at radius 2 is 1.55 bits per heavy atom. The van der Waals surface area contributed by atoms with Crippen molar-refractivity contribution in [2.45, 2.75) is 172 Å². The second-order valence-electron chi connectivity index (χ2n) is 18.8. The van der Waals surface area contributed by atoms with Crippen molar-refractivity contribution in [2.24, 2.45) is 45.8 Å². The number of carbonyl (C=O) groups is 1. The molecule has 21 atom stereocenters. The molecular weight excluding hydrogens is 688 g/mol. The van der Waals surface area contributed by atoms with Crippen LogP contribution in [0, 0.1) is 45.8 Å². The van der Waals surface area contributed by atoms with Crippen LogP contribution in [-0.4, -0.2) is 129 Å². The SMILES string of the molecule is C[C@@H]1CC[C@@]2(OC1)O[C@H]1C[C@@H]3[C@](C)(CC[C@H]4[C@@]3(C)C(=O)C=C3C[C@@H](O[C@@H]5O[C@H](CO)[C@@H](O[C@@H]6O[C@@H](C)[C@H](O)[C@@H](O)[C@H]6O)[C@H](O)[C@H]5O)CC[C@@]34C)[C@H]1[C@@H]2C. The summed E-state index contributed by atoms with van der Waals surface area (Å²) in [4.78, 5) is 14.5. The van der Waals surface area contributed by atoms with Gasteiger partial charge >= 0.3 is 0 Å². The molecule has 0 bridgehead atoms. The lowest BCUT2D eigenvalue weighted by molar-refractivity contribution is -0.360. The lowest BCUT2D eigenvalue weighted by atomic mass is 9.41. The van der Waals surface area contributed by atoms with Gasteiger partial charge in [-0.2, -0.15) is 0 Å². The van der Waals surface area contributed by atoms with Crippen LogP contribution in [0.25, 0.3) is 0 Å². The average molecular weight is 751 g/mol. The maximum Gasteiger partial charge on any atom is 0.187 e. The first-order valence-electron chi connectivity index (χ1n) is 20.2. The molecule has 6 N–H and O–H groups in total. The number of carbonyl (C=O) groups excluding carboxylic acids is 1. The predicted octanol–water partition coefficient (Wildman–Crippen LogP) is 1.96. The summed E-state index contributed by atoms with van der Waals surface area (Å²) in [7, 11) is 0. The van der Waals surface area contributed by atoms with E-state index in [0.717, 1.165) is 50.7 Å². The molecule has 0 aromatic rings. The van der Waals surface area contributed by atoms with E-state index in [0.29, 0.717) is 24.7 Å². The lowest BCUT2D eigenvalue weighted by Gasteiger charge is -2.62.